The molecule has 2 aliphatic heterocycles. The molecule has 0 unspecified atom stereocenters. The molecular formula is C14H19N7O. The Bertz CT molecular complexity index is 685. The van der Waals surface area contributed by atoms with E-state index in [-0.39, 0.29) is 5.91 Å². The lowest BCUT2D eigenvalue weighted by Crippen LogP contribution is -2.47. The third-order valence-corrected chi connectivity index (χ3v) is 4.32. The number of carbonyl (C=O) groups is 1. The number of rotatable bonds is 4. The Kier molecular flexibility index (Phi) is 3.18. The van der Waals surface area contributed by atoms with Crippen LogP contribution in [-0.4, -0.2) is 55.2 Å². The Morgan fingerprint density at radius 2 is 2.18 bits per heavy atom. The molecule has 0 spiro atoms. The lowest BCUT2D eigenvalue weighted by molar-refractivity contribution is -0.117. The molecule has 2 aromatic rings. The summed E-state index contributed by atoms with van der Waals surface area (Å²) in [6.07, 6.45) is 7.33. The average molecular weight is 301 g/mol. The van der Waals surface area contributed by atoms with Gasteiger partial charge in [-0.2, -0.15) is 5.10 Å². The maximum Gasteiger partial charge on any atom is 0.227 e. The molecule has 2 fully saturated rings. The van der Waals surface area contributed by atoms with E-state index >= 15 is 0 Å². The molecule has 1 amide bonds. The van der Waals surface area contributed by atoms with Crippen LogP contribution in [-0.2, 0) is 18.4 Å². The number of carbonyl (C=O) groups excluding carboxylic acids is 1. The summed E-state index contributed by atoms with van der Waals surface area (Å²) in [6, 6.07) is 0.378. The van der Waals surface area contributed by atoms with Gasteiger partial charge in [0.15, 0.2) is 0 Å². The molecule has 22 heavy (non-hydrogen) atoms. The van der Waals surface area contributed by atoms with Gasteiger partial charge < -0.3 is 4.90 Å². The van der Waals surface area contributed by atoms with Crippen LogP contribution in [0.4, 0.5) is 5.69 Å². The summed E-state index contributed by atoms with van der Waals surface area (Å²) in [5.41, 5.74) is 1.92. The summed E-state index contributed by atoms with van der Waals surface area (Å²) in [6.45, 7) is 3.54. The number of likely N-dealkylation sites (tertiary alicyclic amines) is 1. The van der Waals surface area contributed by atoms with E-state index in [2.05, 4.69) is 20.3 Å². The van der Waals surface area contributed by atoms with Crippen molar-refractivity contribution >= 4 is 11.6 Å². The first kappa shape index (κ1) is 13.4. The van der Waals surface area contributed by atoms with Gasteiger partial charge in [-0.15, -0.1) is 5.10 Å². The molecule has 116 valence electrons. The van der Waals surface area contributed by atoms with E-state index in [1.807, 2.05) is 29.0 Å². The van der Waals surface area contributed by atoms with E-state index < -0.39 is 0 Å². The summed E-state index contributed by atoms with van der Waals surface area (Å²) >= 11 is 0. The molecule has 2 saturated heterocycles. The largest absolute Gasteiger partial charge is 0.309 e. The molecule has 0 aromatic carbocycles. The van der Waals surface area contributed by atoms with Crippen molar-refractivity contribution in [3.8, 4) is 0 Å². The van der Waals surface area contributed by atoms with Crippen molar-refractivity contribution in [2.45, 2.75) is 25.4 Å². The van der Waals surface area contributed by atoms with Crippen molar-refractivity contribution in [3.63, 3.8) is 0 Å². The summed E-state index contributed by atoms with van der Waals surface area (Å²) in [4.78, 5) is 15.9. The van der Waals surface area contributed by atoms with Crippen LogP contribution in [0.2, 0.25) is 0 Å². The molecule has 0 aliphatic carbocycles. The van der Waals surface area contributed by atoms with E-state index in [4.69, 9.17) is 0 Å². The fourth-order valence-electron chi connectivity index (χ4n) is 3.12. The number of hydrogen-bond donors (Lipinski definition) is 0. The lowest BCUT2D eigenvalue weighted by Gasteiger charge is -2.38. The van der Waals surface area contributed by atoms with Gasteiger partial charge in [0.25, 0.3) is 0 Å². The Labute approximate surface area is 128 Å². The second-order valence-corrected chi connectivity index (χ2v) is 6.06. The van der Waals surface area contributed by atoms with Crippen LogP contribution < -0.4 is 4.90 Å². The lowest BCUT2D eigenvalue weighted by atomic mass is 10.1. The highest BCUT2D eigenvalue weighted by Gasteiger charge is 2.30. The summed E-state index contributed by atoms with van der Waals surface area (Å²) in [5.74, 6) is 0.206. The second-order valence-electron chi connectivity index (χ2n) is 6.06. The zero-order valence-electron chi connectivity index (χ0n) is 12.6. The Balaban J connectivity index is 1.35. The van der Waals surface area contributed by atoms with Crippen LogP contribution in [0, 0.1) is 0 Å². The van der Waals surface area contributed by atoms with Gasteiger partial charge in [-0.25, -0.2) is 0 Å². The van der Waals surface area contributed by atoms with Crippen molar-refractivity contribution in [2.24, 2.45) is 7.05 Å². The van der Waals surface area contributed by atoms with Crippen molar-refractivity contribution < 1.29 is 4.79 Å². The number of hydrogen-bond acceptors (Lipinski definition) is 5. The summed E-state index contributed by atoms with van der Waals surface area (Å²) in [5, 5.41) is 12.5. The highest BCUT2D eigenvalue weighted by Crippen LogP contribution is 2.26. The molecule has 4 rings (SSSR count). The minimum Gasteiger partial charge on any atom is -0.309 e. The van der Waals surface area contributed by atoms with Gasteiger partial charge in [0, 0.05) is 52.0 Å². The van der Waals surface area contributed by atoms with Crippen LogP contribution in [0.3, 0.4) is 0 Å². The van der Waals surface area contributed by atoms with Gasteiger partial charge in [-0.05, 0) is 6.42 Å². The second kappa shape index (κ2) is 5.20. The fraction of sp³-hybridized carbons (Fsp3) is 0.571. The average Bonchev–Trinajstić information content (AvgIpc) is 3.14. The predicted molar refractivity (Wildman–Crippen MR) is 79.1 cm³/mol. The first-order valence-corrected chi connectivity index (χ1v) is 7.61. The highest BCUT2D eigenvalue weighted by atomic mass is 16.2. The Morgan fingerprint density at radius 3 is 2.86 bits per heavy atom. The van der Waals surface area contributed by atoms with E-state index in [1.165, 1.54) is 0 Å². The summed E-state index contributed by atoms with van der Waals surface area (Å²) in [7, 11) is 1.88. The zero-order valence-corrected chi connectivity index (χ0v) is 12.6. The van der Waals surface area contributed by atoms with Gasteiger partial charge >= 0.3 is 0 Å². The van der Waals surface area contributed by atoms with Crippen molar-refractivity contribution in [1.82, 2.24) is 29.7 Å². The van der Waals surface area contributed by atoms with Crippen molar-refractivity contribution in [3.05, 3.63) is 24.3 Å². The van der Waals surface area contributed by atoms with Crippen LogP contribution in [0.1, 0.15) is 24.6 Å². The third kappa shape index (κ3) is 2.39. The molecule has 2 aromatic heterocycles. The maximum absolute atomic E-state index is 11.8. The van der Waals surface area contributed by atoms with Gasteiger partial charge in [0.1, 0.15) is 0 Å². The molecule has 4 heterocycles. The van der Waals surface area contributed by atoms with E-state index in [9.17, 15) is 4.79 Å². The molecular weight excluding hydrogens is 282 g/mol. The highest BCUT2D eigenvalue weighted by molar-refractivity contribution is 5.95. The first-order valence-electron chi connectivity index (χ1n) is 7.61. The molecule has 0 bridgehead atoms. The van der Waals surface area contributed by atoms with Crippen LogP contribution in [0.5, 0.6) is 0 Å². The summed E-state index contributed by atoms with van der Waals surface area (Å²) < 4.78 is 3.70. The van der Waals surface area contributed by atoms with Gasteiger partial charge in [-0.1, -0.05) is 5.21 Å². The van der Waals surface area contributed by atoms with Gasteiger partial charge in [0.2, 0.25) is 5.91 Å². The molecule has 0 saturated carbocycles. The van der Waals surface area contributed by atoms with Gasteiger partial charge in [0.05, 0.1) is 23.6 Å². The van der Waals surface area contributed by atoms with Crippen LogP contribution >= 0.6 is 0 Å². The Hall–Kier alpha value is -2.22. The number of amides is 1. The fourth-order valence-corrected chi connectivity index (χ4v) is 3.12. The number of anilines is 1. The third-order valence-electron chi connectivity index (χ3n) is 4.32. The number of nitrogens with zero attached hydrogens (tertiary/aromatic N) is 7. The van der Waals surface area contributed by atoms with Crippen LogP contribution in [0.15, 0.2) is 18.6 Å². The van der Waals surface area contributed by atoms with Crippen LogP contribution in [0.25, 0.3) is 0 Å². The van der Waals surface area contributed by atoms with E-state index in [0.29, 0.717) is 12.5 Å². The first-order chi connectivity index (χ1) is 10.7. The molecule has 8 heteroatoms. The monoisotopic (exact) mass is 301 g/mol. The van der Waals surface area contributed by atoms with Crippen molar-refractivity contribution in [1.29, 1.82) is 0 Å². The molecule has 0 radical (unpaired) electrons. The quantitative estimate of drug-likeness (QED) is 0.806. The smallest absolute Gasteiger partial charge is 0.227 e. The standard InChI is InChI=1S/C14H19N7O/c1-18-6-11(16-17-18)7-19-8-13(9-19)21-10-12(5-15-21)20-4-2-3-14(20)22/h5-6,10,13H,2-4,7-9H2,1H3. The molecule has 8 nitrogen and oxygen atoms in total. The van der Waals surface area contributed by atoms with E-state index in [1.54, 1.807) is 10.9 Å². The minimum absolute atomic E-state index is 0.206. The number of aryl methyl sites for hydroxylation is 1. The maximum atomic E-state index is 11.8. The topological polar surface area (TPSA) is 72.1 Å². The SMILES string of the molecule is Cn1cc(CN2CC(n3cc(N4CCCC4=O)cn3)C2)nn1. The van der Waals surface area contributed by atoms with E-state index in [0.717, 1.165) is 44.0 Å². The molecule has 0 atom stereocenters. The Morgan fingerprint density at radius 1 is 1.32 bits per heavy atom. The number of aromatic nitrogens is 5. The van der Waals surface area contributed by atoms with Gasteiger partial charge in [-0.3, -0.25) is 19.1 Å². The molecule has 2 aliphatic rings. The van der Waals surface area contributed by atoms with Crippen molar-refractivity contribution in [2.75, 3.05) is 24.5 Å². The zero-order chi connectivity index (χ0) is 15.1. The minimum atomic E-state index is 0.206. The predicted octanol–water partition coefficient (Wildman–Crippen LogP) is 0.195. The molecule has 0 N–H and O–H groups in total. The normalized spacial score (nSPS) is 19.9.